The zero-order valence-electron chi connectivity index (χ0n) is 16.6. The average molecular weight is 420 g/mol. The van der Waals surface area contributed by atoms with Gasteiger partial charge >= 0.3 is 0 Å². The van der Waals surface area contributed by atoms with Crippen LogP contribution in [-0.2, 0) is 0 Å². The van der Waals surface area contributed by atoms with Crippen molar-refractivity contribution in [2.45, 2.75) is 0 Å². The number of hydrogen-bond acceptors (Lipinski definition) is 3. The summed E-state index contributed by atoms with van der Waals surface area (Å²) < 4.78 is 0. The van der Waals surface area contributed by atoms with Crippen molar-refractivity contribution in [2.75, 3.05) is 0 Å². The van der Waals surface area contributed by atoms with E-state index in [1.165, 1.54) is 0 Å². The van der Waals surface area contributed by atoms with Gasteiger partial charge in [-0.25, -0.2) is 15.0 Å². The molecule has 0 saturated heterocycles. The number of benzene rings is 4. The van der Waals surface area contributed by atoms with Gasteiger partial charge in [0, 0.05) is 22.3 Å². The standard InChI is InChI=1S/C27H18ClN3/c28-24-22(19-11-4-1-5-12-19)17-10-18-23(24)27-30-25(20-13-6-2-7-14-20)29-26(31-27)21-15-8-3-9-16-21/h1-18H. The van der Waals surface area contributed by atoms with Gasteiger partial charge in [-0.15, -0.1) is 0 Å². The third kappa shape index (κ3) is 3.96. The van der Waals surface area contributed by atoms with Gasteiger partial charge in [0.25, 0.3) is 0 Å². The zero-order chi connectivity index (χ0) is 21.0. The highest BCUT2D eigenvalue weighted by molar-refractivity contribution is 6.36. The molecule has 0 fully saturated rings. The van der Waals surface area contributed by atoms with E-state index in [4.69, 9.17) is 26.6 Å². The highest BCUT2D eigenvalue weighted by Crippen LogP contribution is 2.36. The lowest BCUT2D eigenvalue weighted by Crippen LogP contribution is -2.00. The van der Waals surface area contributed by atoms with E-state index in [0.717, 1.165) is 27.8 Å². The molecule has 4 heteroatoms. The molecular formula is C27H18ClN3. The van der Waals surface area contributed by atoms with E-state index in [-0.39, 0.29) is 0 Å². The first-order chi connectivity index (χ1) is 15.3. The number of hydrogen-bond donors (Lipinski definition) is 0. The fourth-order valence-corrected chi connectivity index (χ4v) is 3.79. The van der Waals surface area contributed by atoms with Gasteiger partial charge in [-0.3, -0.25) is 0 Å². The third-order valence-electron chi connectivity index (χ3n) is 5.02. The van der Waals surface area contributed by atoms with Crippen LogP contribution < -0.4 is 0 Å². The van der Waals surface area contributed by atoms with E-state index in [2.05, 4.69) is 0 Å². The van der Waals surface area contributed by atoms with E-state index < -0.39 is 0 Å². The number of aromatic nitrogens is 3. The van der Waals surface area contributed by atoms with Gasteiger partial charge in [-0.2, -0.15) is 0 Å². The lowest BCUT2D eigenvalue weighted by atomic mass is 10.0. The Morgan fingerprint density at radius 2 is 0.806 bits per heavy atom. The molecule has 0 aliphatic rings. The molecule has 0 aliphatic carbocycles. The normalized spacial score (nSPS) is 10.7. The molecule has 1 heterocycles. The van der Waals surface area contributed by atoms with E-state index in [1.807, 2.05) is 109 Å². The third-order valence-corrected chi connectivity index (χ3v) is 5.43. The van der Waals surface area contributed by atoms with Gasteiger partial charge in [0.2, 0.25) is 0 Å². The van der Waals surface area contributed by atoms with Crippen molar-refractivity contribution in [1.82, 2.24) is 15.0 Å². The number of halogens is 1. The summed E-state index contributed by atoms with van der Waals surface area (Å²) in [6.45, 7) is 0. The summed E-state index contributed by atoms with van der Waals surface area (Å²) in [7, 11) is 0. The van der Waals surface area contributed by atoms with Crippen molar-refractivity contribution in [3.05, 3.63) is 114 Å². The van der Waals surface area contributed by atoms with Gasteiger partial charge < -0.3 is 0 Å². The van der Waals surface area contributed by atoms with Crippen LogP contribution in [0.2, 0.25) is 5.02 Å². The summed E-state index contributed by atoms with van der Waals surface area (Å²) >= 11 is 6.87. The SMILES string of the molecule is Clc1c(-c2ccccc2)cccc1-c1nc(-c2ccccc2)nc(-c2ccccc2)n1. The van der Waals surface area contributed by atoms with Crippen LogP contribution >= 0.6 is 11.6 Å². The number of nitrogens with zero attached hydrogens (tertiary/aromatic N) is 3. The first-order valence-corrected chi connectivity index (χ1v) is 10.4. The topological polar surface area (TPSA) is 38.7 Å². The van der Waals surface area contributed by atoms with Crippen molar-refractivity contribution in [3.63, 3.8) is 0 Å². The Morgan fingerprint density at radius 3 is 1.32 bits per heavy atom. The lowest BCUT2D eigenvalue weighted by molar-refractivity contribution is 1.07. The van der Waals surface area contributed by atoms with Gasteiger partial charge in [-0.1, -0.05) is 115 Å². The Kier molecular flexibility index (Phi) is 5.26. The van der Waals surface area contributed by atoms with E-state index >= 15 is 0 Å². The first kappa shape index (κ1) is 19.2. The fourth-order valence-electron chi connectivity index (χ4n) is 3.47. The van der Waals surface area contributed by atoms with Crippen molar-refractivity contribution in [2.24, 2.45) is 0 Å². The van der Waals surface area contributed by atoms with Crippen LogP contribution in [0.5, 0.6) is 0 Å². The molecular weight excluding hydrogens is 402 g/mol. The lowest BCUT2D eigenvalue weighted by Gasteiger charge is -2.12. The van der Waals surface area contributed by atoms with Gasteiger partial charge in [0.1, 0.15) is 0 Å². The Balaban J connectivity index is 1.71. The maximum atomic E-state index is 6.87. The van der Waals surface area contributed by atoms with Crippen LogP contribution in [0.15, 0.2) is 109 Å². The first-order valence-electron chi connectivity index (χ1n) is 10.0. The molecule has 0 aliphatic heterocycles. The van der Waals surface area contributed by atoms with Crippen LogP contribution in [0.1, 0.15) is 0 Å². The molecule has 1 aromatic heterocycles. The minimum Gasteiger partial charge on any atom is -0.208 e. The molecule has 5 rings (SSSR count). The average Bonchev–Trinajstić information content (AvgIpc) is 2.85. The van der Waals surface area contributed by atoms with Crippen molar-refractivity contribution in [3.8, 4) is 45.3 Å². The molecule has 0 amide bonds. The van der Waals surface area contributed by atoms with Crippen LogP contribution in [0.4, 0.5) is 0 Å². The molecule has 0 spiro atoms. The summed E-state index contributed by atoms with van der Waals surface area (Å²) in [6.07, 6.45) is 0. The maximum Gasteiger partial charge on any atom is 0.165 e. The van der Waals surface area contributed by atoms with E-state index in [1.54, 1.807) is 0 Å². The Hall–Kier alpha value is -3.82. The molecule has 5 aromatic rings. The summed E-state index contributed by atoms with van der Waals surface area (Å²) in [5.74, 6) is 1.78. The largest absolute Gasteiger partial charge is 0.208 e. The minimum absolute atomic E-state index is 0.551. The highest BCUT2D eigenvalue weighted by atomic mass is 35.5. The minimum atomic E-state index is 0.551. The van der Waals surface area contributed by atoms with Crippen LogP contribution in [-0.4, -0.2) is 15.0 Å². The second-order valence-corrected chi connectivity index (χ2v) is 7.45. The molecule has 0 bridgehead atoms. The van der Waals surface area contributed by atoms with Crippen LogP contribution in [0, 0.1) is 0 Å². The van der Waals surface area contributed by atoms with Crippen LogP contribution in [0.3, 0.4) is 0 Å². The van der Waals surface area contributed by atoms with Gasteiger partial charge in [-0.05, 0) is 11.6 Å². The summed E-state index contributed by atoms with van der Waals surface area (Å²) in [5.41, 5.74) is 4.63. The second kappa shape index (κ2) is 8.50. The molecule has 0 unspecified atom stereocenters. The molecule has 3 nitrogen and oxygen atoms in total. The summed E-state index contributed by atoms with van der Waals surface area (Å²) in [6, 6.07) is 35.9. The second-order valence-electron chi connectivity index (χ2n) is 7.07. The Morgan fingerprint density at radius 1 is 0.387 bits per heavy atom. The summed E-state index contributed by atoms with van der Waals surface area (Å²) in [5, 5.41) is 0.623. The Labute approximate surface area is 186 Å². The van der Waals surface area contributed by atoms with Crippen molar-refractivity contribution >= 4 is 11.6 Å². The predicted molar refractivity (Wildman–Crippen MR) is 127 cm³/mol. The fraction of sp³-hybridized carbons (Fsp3) is 0. The maximum absolute atomic E-state index is 6.87. The zero-order valence-corrected chi connectivity index (χ0v) is 17.4. The quantitative estimate of drug-likeness (QED) is 0.309. The van der Waals surface area contributed by atoms with Crippen molar-refractivity contribution in [1.29, 1.82) is 0 Å². The molecule has 148 valence electrons. The predicted octanol–water partition coefficient (Wildman–Crippen LogP) is 7.19. The van der Waals surface area contributed by atoms with E-state index in [0.29, 0.717) is 22.5 Å². The summed E-state index contributed by atoms with van der Waals surface area (Å²) in [4.78, 5) is 14.3. The smallest absolute Gasteiger partial charge is 0.165 e. The number of rotatable bonds is 4. The van der Waals surface area contributed by atoms with E-state index in [9.17, 15) is 0 Å². The molecule has 0 N–H and O–H groups in total. The van der Waals surface area contributed by atoms with Crippen LogP contribution in [0.25, 0.3) is 45.3 Å². The van der Waals surface area contributed by atoms with Gasteiger partial charge in [0.15, 0.2) is 17.5 Å². The van der Waals surface area contributed by atoms with Gasteiger partial charge in [0.05, 0.1) is 5.02 Å². The monoisotopic (exact) mass is 419 g/mol. The molecule has 0 radical (unpaired) electrons. The van der Waals surface area contributed by atoms with Crippen molar-refractivity contribution < 1.29 is 0 Å². The molecule has 31 heavy (non-hydrogen) atoms. The highest BCUT2D eigenvalue weighted by Gasteiger charge is 2.16. The Bertz CT molecular complexity index is 1260. The molecule has 0 atom stereocenters. The molecule has 4 aromatic carbocycles. The molecule has 0 saturated carbocycles.